The van der Waals surface area contributed by atoms with E-state index in [4.69, 9.17) is 0 Å². The molecular weight excluding hydrogens is 368 g/mol. The van der Waals surface area contributed by atoms with Crippen molar-refractivity contribution in [3.63, 3.8) is 0 Å². The number of rotatable bonds is 7. The van der Waals surface area contributed by atoms with Gasteiger partial charge in [0.05, 0.1) is 0 Å². The summed E-state index contributed by atoms with van der Waals surface area (Å²) in [6.07, 6.45) is 10.1. The van der Waals surface area contributed by atoms with Gasteiger partial charge in [0.25, 0.3) is 0 Å². The molecule has 0 aromatic heterocycles. The summed E-state index contributed by atoms with van der Waals surface area (Å²) >= 11 is 0. The van der Waals surface area contributed by atoms with Crippen LogP contribution in [0, 0.1) is 17.3 Å². The molecular formula is C26H50N4. The summed E-state index contributed by atoms with van der Waals surface area (Å²) in [4.78, 5) is 10.9. The number of likely N-dealkylation sites (N-methyl/N-ethyl adjacent to an activating group) is 1. The van der Waals surface area contributed by atoms with Crippen molar-refractivity contribution in [3.8, 4) is 0 Å². The minimum Gasteiger partial charge on any atom is -0.301 e. The van der Waals surface area contributed by atoms with Crippen LogP contribution in [0.2, 0.25) is 0 Å². The first-order chi connectivity index (χ1) is 14.3. The van der Waals surface area contributed by atoms with E-state index in [0.29, 0.717) is 17.0 Å². The highest BCUT2D eigenvalue weighted by Crippen LogP contribution is 2.53. The van der Waals surface area contributed by atoms with Crippen LogP contribution in [0.25, 0.3) is 0 Å². The normalized spacial score (nSPS) is 32.5. The van der Waals surface area contributed by atoms with Crippen LogP contribution in [0.15, 0.2) is 0 Å². The molecule has 1 saturated carbocycles. The Morgan fingerprint density at radius 2 is 1.47 bits per heavy atom. The first kappa shape index (κ1) is 23.0. The standard InChI is InChI=1S/C26H50N4/c1-22(2)17-26(7-6-10-27(26)5)21-29-11-8-25(9-12-29)18-24(19-25)20-28-13-15-30(16-14-28)23(3)4/h22-24H,6-21H2,1-5H3. The van der Waals surface area contributed by atoms with E-state index in [1.54, 1.807) is 0 Å². The largest absolute Gasteiger partial charge is 0.301 e. The van der Waals surface area contributed by atoms with Crippen LogP contribution in [0.1, 0.15) is 72.6 Å². The van der Waals surface area contributed by atoms with Gasteiger partial charge in [-0.1, -0.05) is 13.8 Å². The molecule has 174 valence electrons. The van der Waals surface area contributed by atoms with Crippen molar-refractivity contribution >= 4 is 0 Å². The molecule has 1 unspecified atom stereocenters. The summed E-state index contributed by atoms with van der Waals surface area (Å²) in [5, 5.41) is 0. The number of hydrogen-bond donors (Lipinski definition) is 0. The predicted octanol–water partition coefficient (Wildman–Crippen LogP) is 4.02. The van der Waals surface area contributed by atoms with E-state index in [2.05, 4.69) is 54.3 Å². The highest BCUT2D eigenvalue weighted by Gasteiger charge is 2.47. The van der Waals surface area contributed by atoms with E-state index in [1.807, 2.05) is 0 Å². The van der Waals surface area contributed by atoms with Crippen LogP contribution < -0.4 is 0 Å². The Morgan fingerprint density at radius 1 is 0.800 bits per heavy atom. The maximum Gasteiger partial charge on any atom is 0.0336 e. The van der Waals surface area contributed by atoms with E-state index in [-0.39, 0.29) is 0 Å². The maximum absolute atomic E-state index is 2.84. The van der Waals surface area contributed by atoms with Gasteiger partial charge < -0.3 is 9.80 Å². The average Bonchev–Trinajstić information content (AvgIpc) is 3.01. The van der Waals surface area contributed by atoms with E-state index < -0.39 is 0 Å². The first-order valence-electron chi connectivity index (χ1n) is 13.2. The zero-order valence-electron chi connectivity index (χ0n) is 20.8. The second-order valence-corrected chi connectivity index (χ2v) is 12.3. The molecule has 0 radical (unpaired) electrons. The molecule has 30 heavy (non-hydrogen) atoms. The molecule has 3 heterocycles. The van der Waals surface area contributed by atoms with Crippen LogP contribution >= 0.6 is 0 Å². The van der Waals surface area contributed by atoms with Gasteiger partial charge in [-0.05, 0) is 103 Å². The molecule has 4 rings (SSSR count). The van der Waals surface area contributed by atoms with Crippen molar-refractivity contribution in [3.05, 3.63) is 0 Å². The van der Waals surface area contributed by atoms with Gasteiger partial charge in [-0.3, -0.25) is 9.80 Å². The van der Waals surface area contributed by atoms with Gasteiger partial charge in [-0.15, -0.1) is 0 Å². The molecule has 4 nitrogen and oxygen atoms in total. The number of likely N-dealkylation sites (tertiary alicyclic amines) is 2. The lowest BCUT2D eigenvalue weighted by atomic mass is 9.57. The van der Waals surface area contributed by atoms with Gasteiger partial charge >= 0.3 is 0 Å². The molecule has 3 saturated heterocycles. The lowest BCUT2D eigenvalue weighted by Crippen LogP contribution is -2.56. The smallest absolute Gasteiger partial charge is 0.0336 e. The van der Waals surface area contributed by atoms with Crippen LogP contribution in [0.4, 0.5) is 0 Å². The molecule has 0 aromatic carbocycles. The molecule has 0 N–H and O–H groups in total. The average molecular weight is 419 g/mol. The Hall–Kier alpha value is -0.160. The van der Waals surface area contributed by atoms with Crippen molar-refractivity contribution in [2.75, 3.05) is 66.0 Å². The lowest BCUT2D eigenvalue weighted by Gasteiger charge is -2.54. The van der Waals surface area contributed by atoms with Crippen molar-refractivity contribution < 1.29 is 0 Å². The highest BCUT2D eigenvalue weighted by atomic mass is 15.3. The third kappa shape index (κ3) is 5.08. The second kappa shape index (κ2) is 9.37. The Bertz CT molecular complexity index is 537. The summed E-state index contributed by atoms with van der Waals surface area (Å²) in [5.41, 5.74) is 1.17. The van der Waals surface area contributed by atoms with Crippen molar-refractivity contribution in [1.82, 2.24) is 19.6 Å². The molecule has 3 aliphatic heterocycles. The number of hydrogen-bond acceptors (Lipinski definition) is 4. The zero-order valence-corrected chi connectivity index (χ0v) is 20.8. The van der Waals surface area contributed by atoms with Gasteiger partial charge in [0.2, 0.25) is 0 Å². The monoisotopic (exact) mass is 418 g/mol. The molecule has 0 bridgehead atoms. The lowest BCUT2D eigenvalue weighted by molar-refractivity contribution is -0.0415. The molecule has 4 heteroatoms. The summed E-state index contributed by atoms with van der Waals surface area (Å²) in [6, 6.07) is 0.716. The molecule has 4 fully saturated rings. The van der Waals surface area contributed by atoms with E-state index in [9.17, 15) is 0 Å². The Morgan fingerprint density at radius 3 is 2.00 bits per heavy atom. The van der Waals surface area contributed by atoms with Crippen molar-refractivity contribution in [1.29, 1.82) is 0 Å². The van der Waals surface area contributed by atoms with Crippen LogP contribution in [0.5, 0.6) is 0 Å². The van der Waals surface area contributed by atoms with Crippen LogP contribution in [-0.4, -0.2) is 97.1 Å². The molecule has 1 spiro atoms. The summed E-state index contributed by atoms with van der Waals surface area (Å²) in [6.45, 7) is 21.3. The third-order valence-corrected chi connectivity index (χ3v) is 9.27. The maximum atomic E-state index is 2.84. The summed E-state index contributed by atoms with van der Waals surface area (Å²) in [7, 11) is 2.39. The molecule has 4 aliphatic rings. The molecule has 0 amide bonds. The minimum absolute atomic E-state index is 0.457. The van der Waals surface area contributed by atoms with Crippen LogP contribution in [0.3, 0.4) is 0 Å². The Kier molecular flexibility index (Phi) is 7.19. The van der Waals surface area contributed by atoms with Crippen molar-refractivity contribution in [2.45, 2.75) is 84.2 Å². The van der Waals surface area contributed by atoms with E-state index in [0.717, 1.165) is 11.8 Å². The quantitative estimate of drug-likeness (QED) is 0.619. The van der Waals surface area contributed by atoms with Gasteiger partial charge in [-0.25, -0.2) is 0 Å². The molecule has 0 aromatic rings. The highest BCUT2D eigenvalue weighted by molar-refractivity contribution is 5.02. The summed E-state index contributed by atoms with van der Waals surface area (Å²) in [5.74, 6) is 1.78. The van der Waals surface area contributed by atoms with Crippen LogP contribution in [-0.2, 0) is 0 Å². The second-order valence-electron chi connectivity index (χ2n) is 12.3. The van der Waals surface area contributed by atoms with Crippen molar-refractivity contribution in [2.24, 2.45) is 17.3 Å². The molecule has 1 atom stereocenters. The first-order valence-corrected chi connectivity index (χ1v) is 13.2. The fourth-order valence-electron chi connectivity index (χ4n) is 7.49. The Balaban J connectivity index is 1.19. The fraction of sp³-hybridized carbons (Fsp3) is 1.00. The topological polar surface area (TPSA) is 13.0 Å². The van der Waals surface area contributed by atoms with E-state index >= 15 is 0 Å². The number of piperidine rings is 1. The van der Waals surface area contributed by atoms with E-state index in [1.165, 1.54) is 104 Å². The molecule has 1 aliphatic carbocycles. The van der Waals surface area contributed by atoms with Gasteiger partial charge in [-0.2, -0.15) is 0 Å². The SMILES string of the molecule is CC(C)CC1(CN2CCC3(CC2)CC(CN2CCN(C(C)C)CC2)C3)CCCN1C. The van der Waals surface area contributed by atoms with Gasteiger partial charge in [0.15, 0.2) is 0 Å². The predicted molar refractivity (Wildman–Crippen MR) is 128 cm³/mol. The van der Waals surface area contributed by atoms with Gasteiger partial charge in [0, 0.05) is 50.8 Å². The minimum atomic E-state index is 0.457. The number of nitrogens with zero attached hydrogens (tertiary/aromatic N) is 4. The number of piperazine rings is 1. The third-order valence-electron chi connectivity index (χ3n) is 9.27. The fourth-order valence-corrected chi connectivity index (χ4v) is 7.49. The zero-order chi connectivity index (χ0) is 21.4. The summed E-state index contributed by atoms with van der Waals surface area (Å²) < 4.78 is 0. The van der Waals surface area contributed by atoms with Gasteiger partial charge in [0.1, 0.15) is 0 Å². The Labute approximate surface area is 187 Å².